The number of fused-ring (bicyclic) bond motifs is 3. The third-order valence-electron chi connectivity index (χ3n) is 10.7. The van der Waals surface area contributed by atoms with Gasteiger partial charge in [-0.1, -0.05) is 48.5 Å². The molecule has 6 amide bonds. The molecule has 17 heteroatoms. The number of H-pyrrole nitrogens is 1. The highest BCUT2D eigenvalue weighted by Crippen LogP contribution is 2.26. The van der Waals surface area contributed by atoms with Gasteiger partial charge in [0, 0.05) is 56.1 Å². The number of hydrogen-bond acceptors (Lipinski definition) is 8. The Labute approximate surface area is 324 Å². The van der Waals surface area contributed by atoms with E-state index < -0.39 is 65.8 Å². The van der Waals surface area contributed by atoms with Crippen LogP contribution in [0, 0.1) is 0 Å². The van der Waals surface area contributed by atoms with Gasteiger partial charge in [0.15, 0.2) is 5.96 Å². The van der Waals surface area contributed by atoms with Gasteiger partial charge in [0.05, 0.1) is 0 Å². The molecule has 4 heterocycles. The lowest BCUT2D eigenvalue weighted by Gasteiger charge is -2.34. The molecule has 6 atom stereocenters. The molecule has 11 N–H and O–H groups in total. The van der Waals surface area contributed by atoms with Gasteiger partial charge in [-0.05, 0) is 55.7 Å². The van der Waals surface area contributed by atoms with E-state index in [1.54, 1.807) is 6.20 Å². The Balaban J connectivity index is 1.37. The summed E-state index contributed by atoms with van der Waals surface area (Å²) in [4.78, 5) is 95.1. The number of carbonyl (C=O) groups excluding carboxylic acids is 6. The summed E-state index contributed by atoms with van der Waals surface area (Å²) >= 11 is 0. The fourth-order valence-electron chi connectivity index (χ4n) is 7.85. The van der Waals surface area contributed by atoms with Crippen molar-refractivity contribution in [3.8, 4) is 0 Å². The molecule has 2 aromatic carbocycles. The lowest BCUT2D eigenvalue weighted by Crippen LogP contribution is -2.62. The standard InChI is InChI=1S/C39H51N11O6/c40-21-30-37(55)50-18-8-15-32(50)38(56)49-17-7-14-31(49)36(54)47-28(19-23-9-2-1-3-10-23)34(52)45-27(13-6-16-43-39(41)42)33(51)46-29(35(53)48-30)20-24-22-44-26-12-5-4-11-25(24)26/h1-5,9-12,22,27-32,44H,6-8,13-21,40H2,(H,45,52)(H,46,51)(H,47,54)(H,48,53)(H4,41,42,43)/t27-,28+,29-,30-,31-,32+/m0/s1. The number of hydrogen-bond donors (Lipinski definition) is 8. The van der Waals surface area contributed by atoms with Gasteiger partial charge in [0.1, 0.15) is 36.3 Å². The first-order valence-electron chi connectivity index (χ1n) is 19.2. The minimum absolute atomic E-state index is 0.0234. The Kier molecular flexibility index (Phi) is 12.8. The summed E-state index contributed by atoms with van der Waals surface area (Å²) in [6.07, 6.45) is 4.07. The lowest BCUT2D eigenvalue weighted by molar-refractivity contribution is -0.148. The van der Waals surface area contributed by atoms with Crippen LogP contribution < -0.4 is 38.5 Å². The second kappa shape index (κ2) is 18.1. The Bertz CT molecular complexity index is 1950. The van der Waals surface area contributed by atoms with Crippen LogP contribution in [0.3, 0.4) is 0 Å². The molecule has 0 aliphatic carbocycles. The van der Waals surface area contributed by atoms with E-state index in [2.05, 4.69) is 31.2 Å². The SMILES string of the molecule is NC[C@@H]1NC(=O)[C@H](Cc2c[nH]c3ccccc23)NC(=O)[C@H](CCCN=C(N)N)NC(=O)[C@@H](Cc2ccccc2)NC(=O)[C@@H]2CCCN2C(=O)[C@H]2CCCN2C1=O. The maximum atomic E-state index is 14.3. The molecule has 0 bridgehead atoms. The molecule has 0 saturated carbocycles. The maximum Gasteiger partial charge on any atom is 0.247 e. The highest BCUT2D eigenvalue weighted by molar-refractivity contribution is 5.99. The van der Waals surface area contributed by atoms with Crippen LogP contribution in [0.2, 0.25) is 0 Å². The van der Waals surface area contributed by atoms with Crippen molar-refractivity contribution in [2.75, 3.05) is 26.2 Å². The molecule has 298 valence electrons. The topological polar surface area (TPSA) is 263 Å². The van der Waals surface area contributed by atoms with Crippen molar-refractivity contribution in [3.63, 3.8) is 0 Å². The van der Waals surface area contributed by atoms with Crippen molar-refractivity contribution < 1.29 is 28.8 Å². The number of aromatic amines is 1. The average Bonchev–Trinajstić information content (AvgIpc) is 3.98. The normalized spacial score (nSPS) is 25.4. The fraction of sp³-hybridized carbons (Fsp3) is 0.462. The van der Waals surface area contributed by atoms with Crippen molar-refractivity contribution in [1.29, 1.82) is 0 Å². The number of nitrogens with two attached hydrogens (primary N) is 3. The van der Waals surface area contributed by atoms with Gasteiger partial charge in [-0.15, -0.1) is 0 Å². The summed E-state index contributed by atoms with van der Waals surface area (Å²) in [5.41, 5.74) is 19.5. The summed E-state index contributed by atoms with van der Waals surface area (Å²) < 4.78 is 0. The van der Waals surface area contributed by atoms with Crippen molar-refractivity contribution in [2.45, 2.75) is 87.6 Å². The first-order valence-corrected chi connectivity index (χ1v) is 19.2. The van der Waals surface area contributed by atoms with Crippen molar-refractivity contribution >= 4 is 52.3 Å². The van der Waals surface area contributed by atoms with Crippen molar-refractivity contribution in [2.24, 2.45) is 22.2 Å². The Morgan fingerprint density at radius 1 is 0.679 bits per heavy atom. The molecule has 0 unspecified atom stereocenters. The number of rotatable bonds is 9. The van der Waals surface area contributed by atoms with Crippen molar-refractivity contribution in [3.05, 3.63) is 71.9 Å². The molecule has 3 aliphatic heterocycles. The molecule has 0 radical (unpaired) electrons. The minimum Gasteiger partial charge on any atom is -0.370 e. The Morgan fingerprint density at radius 2 is 1.27 bits per heavy atom. The number of nitrogens with one attached hydrogen (secondary N) is 5. The molecular formula is C39H51N11O6. The van der Waals surface area contributed by atoms with Crippen LogP contribution in [0.4, 0.5) is 0 Å². The summed E-state index contributed by atoms with van der Waals surface area (Å²) in [6.45, 7) is 0.462. The van der Waals surface area contributed by atoms with Gasteiger partial charge in [0.25, 0.3) is 0 Å². The predicted molar refractivity (Wildman–Crippen MR) is 208 cm³/mol. The highest BCUT2D eigenvalue weighted by atomic mass is 16.2. The molecule has 56 heavy (non-hydrogen) atoms. The van der Waals surface area contributed by atoms with Crippen molar-refractivity contribution in [1.82, 2.24) is 36.1 Å². The van der Waals surface area contributed by atoms with Gasteiger partial charge in [-0.25, -0.2) is 0 Å². The summed E-state index contributed by atoms with van der Waals surface area (Å²) in [5, 5.41) is 12.1. The molecule has 3 fully saturated rings. The van der Waals surface area contributed by atoms with Crippen LogP contribution in [0.25, 0.3) is 10.9 Å². The third kappa shape index (κ3) is 9.27. The van der Waals surface area contributed by atoms with E-state index in [0.29, 0.717) is 32.2 Å². The van der Waals surface area contributed by atoms with Crippen LogP contribution in [0.5, 0.6) is 0 Å². The molecule has 17 nitrogen and oxygen atoms in total. The largest absolute Gasteiger partial charge is 0.370 e. The van der Waals surface area contributed by atoms with Crippen LogP contribution >= 0.6 is 0 Å². The Hall–Kier alpha value is -5.97. The van der Waals surface area contributed by atoms with E-state index in [9.17, 15) is 28.8 Å². The van der Waals surface area contributed by atoms with Gasteiger partial charge in [-0.2, -0.15) is 0 Å². The average molecular weight is 770 g/mol. The summed E-state index contributed by atoms with van der Waals surface area (Å²) in [6, 6.07) is 10.1. The van der Waals surface area contributed by atoms with Gasteiger partial charge >= 0.3 is 0 Å². The number of aromatic nitrogens is 1. The first-order chi connectivity index (χ1) is 27.0. The van der Waals surface area contributed by atoms with Gasteiger partial charge in [-0.3, -0.25) is 33.8 Å². The number of aliphatic imine (C=N–C) groups is 1. The van der Waals surface area contributed by atoms with Gasteiger partial charge in [0.2, 0.25) is 35.4 Å². The number of amides is 6. The quantitative estimate of drug-likeness (QED) is 0.0745. The monoisotopic (exact) mass is 769 g/mol. The molecule has 6 rings (SSSR count). The molecule has 3 saturated heterocycles. The first kappa shape index (κ1) is 39.7. The number of nitrogens with zero attached hydrogens (tertiary/aromatic N) is 3. The van der Waals surface area contributed by atoms with E-state index >= 15 is 0 Å². The summed E-state index contributed by atoms with van der Waals surface area (Å²) in [5.74, 6) is -3.51. The summed E-state index contributed by atoms with van der Waals surface area (Å²) in [7, 11) is 0. The van der Waals surface area contributed by atoms with Crippen LogP contribution in [0.1, 0.15) is 49.7 Å². The number of benzene rings is 2. The van der Waals surface area contributed by atoms with E-state index in [-0.39, 0.29) is 57.2 Å². The number of guanidine groups is 1. The zero-order chi connectivity index (χ0) is 39.8. The second-order valence-corrected chi connectivity index (χ2v) is 14.6. The van der Waals surface area contributed by atoms with E-state index in [4.69, 9.17) is 17.2 Å². The van der Waals surface area contributed by atoms with Gasteiger partial charge < -0.3 is 53.3 Å². The molecule has 1 aromatic heterocycles. The zero-order valence-electron chi connectivity index (χ0n) is 31.2. The predicted octanol–water partition coefficient (Wildman–Crippen LogP) is -1.10. The highest BCUT2D eigenvalue weighted by Gasteiger charge is 2.44. The number of carbonyl (C=O) groups is 6. The zero-order valence-corrected chi connectivity index (χ0v) is 31.2. The van der Waals surface area contributed by atoms with E-state index in [1.165, 1.54) is 9.80 Å². The van der Waals surface area contributed by atoms with E-state index in [0.717, 1.165) is 22.0 Å². The molecular weight excluding hydrogens is 718 g/mol. The fourth-order valence-corrected chi connectivity index (χ4v) is 7.85. The lowest BCUT2D eigenvalue weighted by atomic mass is 10.0. The maximum absolute atomic E-state index is 14.3. The van der Waals surface area contributed by atoms with E-state index in [1.807, 2.05) is 54.6 Å². The van der Waals surface area contributed by atoms with Crippen LogP contribution in [-0.4, -0.2) is 119 Å². The molecule has 3 aliphatic rings. The number of para-hydroxylation sites is 1. The minimum atomic E-state index is -1.22. The van der Waals surface area contributed by atoms with Crippen LogP contribution in [0.15, 0.2) is 65.8 Å². The molecule has 3 aromatic rings. The Morgan fingerprint density at radius 3 is 1.98 bits per heavy atom. The molecule has 0 spiro atoms. The second-order valence-electron chi connectivity index (χ2n) is 14.6. The smallest absolute Gasteiger partial charge is 0.247 e. The van der Waals surface area contributed by atoms with Crippen LogP contribution in [-0.2, 0) is 41.6 Å². The third-order valence-corrected chi connectivity index (χ3v) is 10.7.